The van der Waals surface area contributed by atoms with Crippen molar-refractivity contribution in [3.63, 3.8) is 0 Å². The van der Waals surface area contributed by atoms with Crippen LogP contribution in [0.1, 0.15) is 22.3 Å². The summed E-state index contributed by atoms with van der Waals surface area (Å²) in [6.07, 6.45) is 0. The maximum atomic E-state index is 5.34. The number of benzene rings is 8. The molecular weight excluding hydrogens is 699 g/mol. The minimum absolute atomic E-state index is 0.577. The highest BCUT2D eigenvalue weighted by molar-refractivity contribution is 7.25. The standard InChI is InChI=1S/C52H33N3S/c1-5-17-34(18-6-1)49-53-50(35-19-7-2-8-20-35)55-51(54-49)44-33-46-42(32-41(44)36-29-30-48-43(31-36)40-26-14-16-28-47(40)56-48)39-25-13-15-27-45(39)52(46,37-21-9-3-10-22-37)38-23-11-4-12-24-38/h1-33H. The molecule has 0 fully saturated rings. The Kier molecular flexibility index (Phi) is 7.58. The summed E-state index contributed by atoms with van der Waals surface area (Å²) < 4.78 is 2.56. The zero-order chi connectivity index (χ0) is 37.1. The van der Waals surface area contributed by atoms with Gasteiger partial charge >= 0.3 is 0 Å². The molecule has 3 nitrogen and oxygen atoms in total. The molecule has 0 atom stereocenters. The number of thiophene rings is 1. The van der Waals surface area contributed by atoms with Crippen LogP contribution in [-0.4, -0.2) is 15.0 Å². The second kappa shape index (κ2) is 13.1. The normalized spacial score (nSPS) is 12.8. The molecule has 262 valence electrons. The van der Waals surface area contributed by atoms with E-state index in [2.05, 4.69) is 164 Å². The quantitative estimate of drug-likeness (QED) is 0.171. The van der Waals surface area contributed by atoms with Gasteiger partial charge in [-0.1, -0.05) is 170 Å². The van der Waals surface area contributed by atoms with Crippen LogP contribution in [0.4, 0.5) is 0 Å². The van der Waals surface area contributed by atoms with Crippen LogP contribution in [0.5, 0.6) is 0 Å². The lowest BCUT2D eigenvalue weighted by Gasteiger charge is -2.34. The van der Waals surface area contributed by atoms with E-state index in [1.165, 1.54) is 53.6 Å². The molecule has 0 saturated carbocycles. The molecular formula is C52H33N3S. The predicted octanol–water partition coefficient (Wildman–Crippen LogP) is 13.3. The van der Waals surface area contributed by atoms with E-state index in [0.717, 1.165) is 27.8 Å². The van der Waals surface area contributed by atoms with Crippen molar-refractivity contribution < 1.29 is 0 Å². The molecule has 2 aromatic heterocycles. The first kappa shape index (κ1) is 32.4. The Labute approximate surface area is 329 Å². The molecule has 0 unspecified atom stereocenters. The third-order valence-corrected chi connectivity index (χ3v) is 12.4. The van der Waals surface area contributed by atoms with Crippen LogP contribution >= 0.6 is 11.3 Å². The minimum Gasteiger partial charge on any atom is -0.208 e. The Morgan fingerprint density at radius 1 is 0.321 bits per heavy atom. The van der Waals surface area contributed by atoms with Gasteiger partial charge < -0.3 is 0 Å². The number of nitrogens with zero attached hydrogens (tertiary/aromatic N) is 3. The van der Waals surface area contributed by atoms with E-state index < -0.39 is 5.41 Å². The van der Waals surface area contributed by atoms with E-state index in [9.17, 15) is 0 Å². The second-order valence-electron chi connectivity index (χ2n) is 14.3. The largest absolute Gasteiger partial charge is 0.208 e. The Morgan fingerprint density at radius 3 is 1.52 bits per heavy atom. The average molecular weight is 732 g/mol. The first-order valence-electron chi connectivity index (χ1n) is 18.9. The monoisotopic (exact) mass is 731 g/mol. The van der Waals surface area contributed by atoms with Crippen LogP contribution in [0.15, 0.2) is 200 Å². The minimum atomic E-state index is -0.577. The van der Waals surface area contributed by atoms with Gasteiger partial charge in [0.25, 0.3) is 0 Å². The Hall–Kier alpha value is -7.01. The van der Waals surface area contributed by atoms with Crippen molar-refractivity contribution in [2.75, 3.05) is 0 Å². The number of hydrogen-bond acceptors (Lipinski definition) is 4. The van der Waals surface area contributed by atoms with Gasteiger partial charge in [-0.05, 0) is 74.8 Å². The fraction of sp³-hybridized carbons (Fsp3) is 0.0192. The molecule has 4 heteroatoms. The lowest BCUT2D eigenvalue weighted by atomic mass is 9.67. The summed E-state index contributed by atoms with van der Waals surface area (Å²) in [5.41, 5.74) is 11.8. The highest BCUT2D eigenvalue weighted by Gasteiger charge is 2.46. The smallest absolute Gasteiger partial charge is 0.164 e. The number of rotatable bonds is 6. The second-order valence-corrected chi connectivity index (χ2v) is 15.4. The summed E-state index contributed by atoms with van der Waals surface area (Å²) in [5, 5.41) is 2.52. The first-order valence-corrected chi connectivity index (χ1v) is 19.8. The van der Waals surface area contributed by atoms with Crippen molar-refractivity contribution in [1.29, 1.82) is 0 Å². The zero-order valence-corrected chi connectivity index (χ0v) is 31.1. The van der Waals surface area contributed by atoms with E-state index in [1.807, 2.05) is 47.7 Å². The first-order chi connectivity index (χ1) is 27.8. The maximum absolute atomic E-state index is 5.34. The Bertz CT molecular complexity index is 2970. The van der Waals surface area contributed by atoms with Gasteiger partial charge in [-0.2, -0.15) is 0 Å². The number of hydrogen-bond donors (Lipinski definition) is 0. The van der Waals surface area contributed by atoms with Crippen molar-refractivity contribution in [1.82, 2.24) is 15.0 Å². The average Bonchev–Trinajstić information content (AvgIpc) is 3.80. The molecule has 11 rings (SSSR count). The van der Waals surface area contributed by atoms with Crippen LogP contribution in [0, 0.1) is 0 Å². The molecule has 0 N–H and O–H groups in total. The van der Waals surface area contributed by atoms with Crippen LogP contribution < -0.4 is 0 Å². The van der Waals surface area contributed by atoms with Crippen molar-refractivity contribution in [3.8, 4) is 56.4 Å². The Balaban J connectivity index is 1.27. The van der Waals surface area contributed by atoms with Gasteiger partial charge in [-0.25, -0.2) is 15.0 Å². The lowest BCUT2D eigenvalue weighted by molar-refractivity contribution is 0.768. The van der Waals surface area contributed by atoms with Crippen molar-refractivity contribution >= 4 is 31.5 Å². The summed E-state index contributed by atoms with van der Waals surface area (Å²) in [6.45, 7) is 0. The SMILES string of the molecule is c1ccc(-c2nc(-c3ccccc3)nc(-c3cc4c(cc3-c3ccc5sc6ccccc6c5c3)-c3ccccc3C4(c3ccccc3)c3ccccc3)n2)cc1. The lowest BCUT2D eigenvalue weighted by Crippen LogP contribution is -2.28. The highest BCUT2D eigenvalue weighted by atomic mass is 32.1. The molecule has 56 heavy (non-hydrogen) atoms. The summed E-state index contributed by atoms with van der Waals surface area (Å²) in [4.78, 5) is 15.7. The molecule has 0 amide bonds. The third-order valence-electron chi connectivity index (χ3n) is 11.2. The van der Waals surface area contributed by atoms with E-state index in [-0.39, 0.29) is 0 Å². The molecule has 0 spiro atoms. The predicted molar refractivity (Wildman–Crippen MR) is 232 cm³/mol. The van der Waals surface area contributed by atoms with Gasteiger partial charge in [0.05, 0.1) is 5.41 Å². The molecule has 2 heterocycles. The molecule has 1 aliphatic carbocycles. The summed E-state index contributed by atoms with van der Waals surface area (Å²) in [7, 11) is 0. The van der Waals surface area contributed by atoms with Crippen molar-refractivity contribution in [2.45, 2.75) is 5.41 Å². The highest BCUT2D eigenvalue weighted by Crippen LogP contribution is 2.58. The van der Waals surface area contributed by atoms with Crippen molar-refractivity contribution in [2.24, 2.45) is 0 Å². The van der Waals surface area contributed by atoms with Crippen molar-refractivity contribution in [3.05, 3.63) is 222 Å². The van der Waals surface area contributed by atoms with E-state index in [1.54, 1.807) is 0 Å². The van der Waals surface area contributed by atoms with Gasteiger partial charge in [0.1, 0.15) is 0 Å². The zero-order valence-electron chi connectivity index (χ0n) is 30.3. The fourth-order valence-electron chi connectivity index (χ4n) is 8.73. The van der Waals surface area contributed by atoms with Gasteiger partial charge in [-0.3, -0.25) is 0 Å². The van der Waals surface area contributed by atoms with E-state index in [0.29, 0.717) is 17.5 Å². The molecule has 1 aliphatic rings. The summed E-state index contributed by atoms with van der Waals surface area (Å²) in [6, 6.07) is 71.7. The third kappa shape index (κ3) is 5.07. The topological polar surface area (TPSA) is 38.7 Å². The fourth-order valence-corrected chi connectivity index (χ4v) is 9.82. The molecule has 8 aromatic carbocycles. The van der Waals surface area contributed by atoms with Gasteiger partial charge in [0.15, 0.2) is 17.5 Å². The maximum Gasteiger partial charge on any atom is 0.164 e. The molecule has 10 aromatic rings. The van der Waals surface area contributed by atoms with Crippen LogP contribution in [-0.2, 0) is 5.41 Å². The van der Waals surface area contributed by atoms with Crippen LogP contribution in [0.25, 0.3) is 76.6 Å². The van der Waals surface area contributed by atoms with Gasteiger partial charge in [0, 0.05) is 36.9 Å². The van der Waals surface area contributed by atoms with Gasteiger partial charge in [0.2, 0.25) is 0 Å². The molecule has 0 saturated heterocycles. The van der Waals surface area contributed by atoms with E-state index in [4.69, 9.17) is 15.0 Å². The number of aromatic nitrogens is 3. The number of fused-ring (bicyclic) bond motifs is 6. The molecule has 0 bridgehead atoms. The summed E-state index contributed by atoms with van der Waals surface area (Å²) in [5.74, 6) is 1.92. The summed E-state index contributed by atoms with van der Waals surface area (Å²) >= 11 is 1.84. The van der Waals surface area contributed by atoms with Crippen LogP contribution in [0.3, 0.4) is 0 Å². The Morgan fingerprint density at radius 2 is 0.857 bits per heavy atom. The van der Waals surface area contributed by atoms with E-state index >= 15 is 0 Å². The van der Waals surface area contributed by atoms with Gasteiger partial charge in [-0.15, -0.1) is 11.3 Å². The molecule has 0 radical (unpaired) electrons. The molecule has 0 aliphatic heterocycles. The van der Waals surface area contributed by atoms with Crippen LogP contribution in [0.2, 0.25) is 0 Å².